The fraction of sp³-hybridized carbons (Fsp3) is 0.533. The predicted octanol–water partition coefficient (Wildman–Crippen LogP) is 1.62. The van der Waals surface area contributed by atoms with Crippen molar-refractivity contribution >= 4 is 11.6 Å². The molecule has 102 valence electrons. The maximum Gasteiger partial charge on any atom is 0.253 e. The normalized spacial score (nSPS) is 27.4. The molecule has 1 saturated carbocycles. The largest absolute Gasteiger partial charge is 0.398 e. The Labute approximate surface area is 114 Å². The molecule has 2 fully saturated rings. The van der Waals surface area contributed by atoms with Crippen LogP contribution in [0.5, 0.6) is 0 Å². The van der Waals surface area contributed by atoms with Crippen LogP contribution >= 0.6 is 0 Å². The fourth-order valence-corrected chi connectivity index (χ4v) is 3.04. The number of rotatable bonds is 3. The second-order valence-corrected chi connectivity index (χ2v) is 5.77. The van der Waals surface area contributed by atoms with Crippen molar-refractivity contribution in [2.45, 2.75) is 44.3 Å². The third-order valence-electron chi connectivity index (χ3n) is 4.18. The Kier molecular flexibility index (Phi) is 3.19. The van der Waals surface area contributed by atoms with Gasteiger partial charge in [-0.1, -0.05) is 12.1 Å². The van der Waals surface area contributed by atoms with Gasteiger partial charge in [-0.3, -0.25) is 9.69 Å². The van der Waals surface area contributed by atoms with E-state index in [1.165, 1.54) is 12.8 Å². The Hall–Kier alpha value is -1.55. The van der Waals surface area contributed by atoms with E-state index in [1.807, 2.05) is 12.1 Å². The van der Waals surface area contributed by atoms with Gasteiger partial charge in [0.15, 0.2) is 0 Å². The number of hydrogen-bond acceptors (Lipinski definition) is 3. The molecule has 1 saturated heterocycles. The van der Waals surface area contributed by atoms with E-state index in [-0.39, 0.29) is 11.9 Å². The summed E-state index contributed by atoms with van der Waals surface area (Å²) in [7, 11) is 0. The molecule has 0 bridgehead atoms. The van der Waals surface area contributed by atoms with Crippen LogP contribution < -0.4 is 11.1 Å². The Morgan fingerprint density at radius 1 is 1.37 bits per heavy atom. The third kappa shape index (κ3) is 2.59. The molecule has 2 unspecified atom stereocenters. The number of nitrogen functional groups attached to an aromatic ring is 1. The molecule has 0 spiro atoms. The van der Waals surface area contributed by atoms with Gasteiger partial charge in [0, 0.05) is 30.4 Å². The van der Waals surface area contributed by atoms with Gasteiger partial charge in [0.2, 0.25) is 0 Å². The van der Waals surface area contributed by atoms with Crippen LogP contribution in [0, 0.1) is 0 Å². The summed E-state index contributed by atoms with van der Waals surface area (Å²) in [6.45, 7) is 3.23. The van der Waals surface area contributed by atoms with Gasteiger partial charge in [-0.2, -0.15) is 0 Å². The Morgan fingerprint density at radius 2 is 2.11 bits per heavy atom. The van der Waals surface area contributed by atoms with Crippen LogP contribution in [0.25, 0.3) is 0 Å². The molecular formula is C15H21N3O. The van der Waals surface area contributed by atoms with E-state index >= 15 is 0 Å². The molecule has 4 heteroatoms. The van der Waals surface area contributed by atoms with Gasteiger partial charge in [0.1, 0.15) is 0 Å². The molecule has 3 rings (SSSR count). The quantitative estimate of drug-likeness (QED) is 0.811. The molecule has 1 amide bonds. The summed E-state index contributed by atoms with van der Waals surface area (Å²) < 4.78 is 0. The lowest BCUT2D eigenvalue weighted by Gasteiger charge is -2.19. The average molecular weight is 259 g/mol. The van der Waals surface area contributed by atoms with E-state index in [0.717, 1.165) is 19.0 Å². The number of nitrogens with zero attached hydrogens (tertiary/aromatic N) is 1. The Bertz CT molecular complexity index is 484. The number of hydrogen-bond donors (Lipinski definition) is 2. The molecule has 3 N–H and O–H groups in total. The minimum Gasteiger partial charge on any atom is -0.398 e. The van der Waals surface area contributed by atoms with E-state index in [9.17, 15) is 4.79 Å². The molecule has 1 aromatic rings. The highest BCUT2D eigenvalue weighted by atomic mass is 16.1. The maximum absolute atomic E-state index is 12.2. The zero-order chi connectivity index (χ0) is 13.4. The van der Waals surface area contributed by atoms with Crippen LogP contribution in [0.15, 0.2) is 24.3 Å². The summed E-state index contributed by atoms with van der Waals surface area (Å²) in [4.78, 5) is 14.7. The monoisotopic (exact) mass is 259 g/mol. The summed E-state index contributed by atoms with van der Waals surface area (Å²) in [5.41, 5.74) is 6.97. The van der Waals surface area contributed by atoms with Gasteiger partial charge in [0.25, 0.3) is 5.91 Å². The molecule has 2 aliphatic rings. The number of likely N-dealkylation sites (tertiary alicyclic amines) is 1. The zero-order valence-corrected chi connectivity index (χ0v) is 11.3. The first-order valence-electron chi connectivity index (χ1n) is 7.06. The molecule has 1 aliphatic carbocycles. The first-order chi connectivity index (χ1) is 9.15. The van der Waals surface area contributed by atoms with Crippen molar-refractivity contribution < 1.29 is 4.79 Å². The number of benzene rings is 1. The van der Waals surface area contributed by atoms with Gasteiger partial charge in [-0.25, -0.2) is 0 Å². The zero-order valence-electron chi connectivity index (χ0n) is 11.3. The lowest BCUT2D eigenvalue weighted by atomic mass is 10.1. The highest BCUT2D eigenvalue weighted by molar-refractivity contribution is 5.99. The summed E-state index contributed by atoms with van der Waals surface area (Å²) in [5.74, 6) is -0.0482. The minimum atomic E-state index is -0.0482. The van der Waals surface area contributed by atoms with Crippen LogP contribution in [-0.4, -0.2) is 35.5 Å². The first kappa shape index (κ1) is 12.5. The minimum absolute atomic E-state index is 0.0482. The lowest BCUT2D eigenvalue weighted by molar-refractivity contribution is 0.0938. The molecule has 1 heterocycles. The maximum atomic E-state index is 12.2. The van der Waals surface area contributed by atoms with Crippen molar-refractivity contribution in [3.8, 4) is 0 Å². The van der Waals surface area contributed by atoms with Crippen molar-refractivity contribution in [2.75, 3.05) is 12.3 Å². The number of amides is 1. The number of anilines is 1. The molecule has 19 heavy (non-hydrogen) atoms. The van der Waals surface area contributed by atoms with Gasteiger partial charge in [-0.15, -0.1) is 0 Å². The molecule has 4 nitrogen and oxygen atoms in total. The predicted molar refractivity (Wildman–Crippen MR) is 75.9 cm³/mol. The number of carbonyl (C=O) groups is 1. The van der Waals surface area contributed by atoms with Crippen molar-refractivity contribution in [2.24, 2.45) is 0 Å². The first-order valence-corrected chi connectivity index (χ1v) is 7.06. The van der Waals surface area contributed by atoms with Crippen LogP contribution in [0.3, 0.4) is 0 Å². The number of nitrogens with two attached hydrogens (primary N) is 1. The van der Waals surface area contributed by atoms with E-state index in [4.69, 9.17) is 5.73 Å². The second kappa shape index (κ2) is 4.85. The van der Waals surface area contributed by atoms with Crippen molar-refractivity contribution in [1.82, 2.24) is 10.2 Å². The van der Waals surface area contributed by atoms with E-state index in [2.05, 4.69) is 17.1 Å². The molecule has 1 aromatic carbocycles. The number of nitrogens with one attached hydrogen (secondary N) is 1. The van der Waals surface area contributed by atoms with Gasteiger partial charge >= 0.3 is 0 Å². The highest BCUT2D eigenvalue weighted by Crippen LogP contribution is 2.33. The van der Waals surface area contributed by atoms with E-state index in [0.29, 0.717) is 17.3 Å². The average Bonchev–Trinajstić information content (AvgIpc) is 3.15. The van der Waals surface area contributed by atoms with Crippen molar-refractivity contribution in [1.29, 1.82) is 0 Å². The fourth-order valence-electron chi connectivity index (χ4n) is 3.04. The standard InChI is InChI=1S/C15H21N3O/c1-10-8-11(9-18(10)12-6-7-12)17-15(19)13-4-2-3-5-14(13)16/h2-5,10-12H,6-9,16H2,1H3,(H,17,19). The van der Waals surface area contributed by atoms with Crippen molar-refractivity contribution in [3.63, 3.8) is 0 Å². The smallest absolute Gasteiger partial charge is 0.253 e. The van der Waals surface area contributed by atoms with Crippen LogP contribution in [0.1, 0.15) is 36.5 Å². The lowest BCUT2D eigenvalue weighted by Crippen LogP contribution is -2.37. The second-order valence-electron chi connectivity index (χ2n) is 5.77. The number of carbonyl (C=O) groups excluding carboxylic acids is 1. The summed E-state index contributed by atoms with van der Waals surface area (Å²) in [6, 6.07) is 8.83. The van der Waals surface area contributed by atoms with Gasteiger partial charge < -0.3 is 11.1 Å². The van der Waals surface area contributed by atoms with Gasteiger partial charge in [-0.05, 0) is 38.3 Å². The summed E-state index contributed by atoms with van der Waals surface area (Å²) >= 11 is 0. The number of para-hydroxylation sites is 1. The molecular weight excluding hydrogens is 238 g/mol. The van der Waals surface area contributed by atoms with E-state index < -0.39 is 0 Å². The molecule has 1 aliphatic heterocycles. The molecule has 0 aromatic heterocycles. The summed E-state index contributed by atoms with van der Waals surface area (Å²) in [6.07, 6.45) is 3.67. The van der Waals surface area contributed by atoms with Crippen molar-refractivity contribution in [3.05, 3.63) is 29.8 Å². The Balaban J connectivity index is 1.63. The van der Waals surface area contributed by atoms with Crippen LogP contribution in [0.4, 0.5) is 5.69 Å². The van der Waals surface area contributed by atoms with Gasteiger partial charge in [0.05, 0.1) is 5.56 Å². The summed E-state index contributed by atoms with van der Waals surface area (Å²) in [5, 5.41) is 3.12. The molecule has 2 atom stereocenters. The third-order valence-corrected chi connectivity index (χ3v) is 4.18. The molecule has 0 radical (unpaired) electrons. The van der Waals surface area contributed by atoms with E-state index in [1.54, 1.807) is 12.1 Å². The highest BCUT2D eigenvalue weighted by Gasteiger charge is 2.39. The SMILES string of the molecule is CC1CC(NC(=O)c2ccccc2N)CN1C1CC1. The van der Waals surface area contributed by atoms with Crippen LogP contribution in [-0.2, 0) is 0 Å². The Morgan fingerprint density at radius 3 is 2.79 bits per heavy atom. The topological polar surface area (TPSA) is 58.4 Å². The van der Waals surface area contributed by atoms with Crippen LogP contribution in [0.2, 0.25) is 0 Å².